The van der Waals surface area contributed by atoms with Crippen LogP contribution in [0.1, 0.15) is 23.2 Å². The summed E-state index contributed by atoms with van der Waals surface area (Å²) in [6.07, 6.45) is 1.90. The molecule has 5 nitrogen and oxygen atoms in total. The lowest BCUT2D eigenvalue weighted by atomic mass is 9.98. The van der Waals surface area contributed by atoms with Gasteiger partial charge in [0.05, 0.1) is 12.7 Å². The Kier molecular flexibility index (Phi) is 4.27. The van der Waals surface area contributed by atoms with Crippen molar-refractivity contribution in [2.45, 2.75) is 12.8 Å². The Labute approximate surface area is 113 Å². The number of nitrogens with zero attached hydrogens (tertiary/aromatic N) is 1. The number of ether oxygens (including phenoxy) is 1. The van der Waals surface area contributed by atoms with Crippen LogP contribution in [0.4, 0.5) is 5.69 Å². The van der Waals surface area contributed by atoms with E-state index in [1.807, 2.05) is 0 Å². The molecule has 1 unspecified atom stereocenters. The number of hydrogen-bond donors (Lipinski definition) is 2. The highest BCUT2D eigenvalue weighted by molar-refractivity contribution is 5.97. The fourth-order valence-electron chi connectivity index (χ4n) is 2.45. The number of hydrogen-bond acceptors (Lipinski definition) is 4. The van der Waals surface area contributed by atoms with Crippen LogP contribution in [0.15, 0.2) is 18.2 Å². The maximum Gasteiger partial charge on any atom is 0.257 e. The largest absolute Gasteiger partial charge is 0.496 e. The summed E-state index contributed by atoms with van der Waals surface area (Å²) in [4.78, 5) is 14.3. The molecule has 1 amide bonds. The highest BCUT2D eigenvalue weighted by atomic mass is 16.5. The van der Waals surface area contributed by atoms with Gasteiger partial charge in [-0.25, -0.2) is 0 Å². The fraction of sp³-hybridized carbons (Fsp3) is 0.500. The van der Waals surface area contributed by atoms with Crippen molar-refractivity contribution in [1.29, 1.82) is 0 Å². The van der Waals surface area contributed by atoms with Crippen LogP contribution in [-0.4, -0.2) is 42.7 Å². The summed E-state index contributed by atoms with van der Waals surface area (Å²) < 4.78 is 5.21. The van der Waals surface area contributed by atoms with E-state index in [4.69, 9.17) is 10.5 Å². The van der Waals surface area contributed by atoms with Gasteiger partial charge in [-0.1, -0.05) is 0 Å². The van der Waals surface area contributed by atoms with Crippen molar-refractivity contribution in [1.82, 2.24) is 4.90 Å². The van der Waals surface area contributed by atoms with E-state index in [0.717, 1.165) is 19.4 Å². The molecule has 1 aliphatic rings. The minimum Gasteiger partial charge on any atom is -0.496 e. The maximum absolute atomic E-state index is 12.5. The fourth-order valence-corrected chi connectivity index (χ4v) is 2.45. The lowest BCUT2D eigenvalue weighted by Crippen LogP contribution is -2.41. The summed E-state index contributed by atoms with van der Waals surface area (Å²) in [6, 6.07) is 5.04. The van der Waals surface area contributed by atoms with Crippen molar-refractivity contribution in [3.8, 4) is 5.75 Å². The highest BCUT2D eigenvalue weighted by Gasteiger charge is 2.25. The molecule has 1 aromatic rings. The van der Waals surface area contributed by atoms with E-state index in [2.05, 4.69) is 0 Å². The first kappa shape index (κ1) is 13.7. The quantitative estimate of drug-likeness (QED) is 0.802. The van der Waals surface area contributed by atoms with Crippen molar-refractivity contribution >= 4 is 11.6 Å². The zero-order chi connectivity index (χ0) is 13.8. The van der Waals surface area contributed by atoms with Crippen molar-refractivity contribution in [3.63, 3.8) is 0 Å². The lowest BCUT2D eigenvalue weighted by Gasteiger charge is -2.32. The summed E-state index contributed by atoms with van der Waals surface area (Å²) in [5.74, 6) is 0.614. The van der Waals surface area contributed by atoms with Gasteiger partial charge < -0.3 is 20.5 Å². The topological polar surface area (TPSA) is 75.8 Å². The zero-order valence-electron chi connectivity index (χ0n) is 11.1. The van der Waals surface area contributed by atoms with E-state index < -0.39 is 0 Å². The first-order valence-corrected chi connectivity index (χ1v) is 6.49. The second-order valence-corrected chi connectivity index (χ2v) is 4.90. The molecular formula is C14H20N2O3. The van der Waals surface area contributed by atoms with Crippen LogP contribution in [0.25, 0.3) is 0 Å². The number of nitrogens with two attached hydrogens (primary N) is 1. The third-order valence-corrected chi connectivity index (χ3v) is 3.52. The van der Waals surface area contributed by atoms with E-state index in [-0.39, 0.29) is 18.4 Å². The normalized spacial score (nSPS) is 19.3. The summed E-state index contributed by atoms with van der Waals surface area (Å²) in [7, 11) is 1.53. The van der Waals surface area contributed by atoms with Crippen LogP contribution in [0, 0.1) is 5.92 Å². The number of nitrogen functional groups attached to an aromatic ring is 1. The van der Waals surface area contributed by atoms with E-state index in [1.54, 1.807) is 23.1 Å². The number of rotatable bonds is 3. The minimum absolute atomic E-state index is 0.0602. The van der Waals surface area contributed by atoms with Crippen LogP contribution in [0.3, 0.4) is 0 Å². The van der Waals surface area contributed by atoms with Crippen LogP contribution >= 0.6 is 0 Å². The van der Waals surface area contributed by atoms with Gasteiger partial charge in [-0.3, -0.25) is 4.79 Å². The maximum atomic E-state index is 12.5. The Morgan fingerprint density at radius 3 is 3.05 bits per heavy atom. The van der Waals surface area contributed by atoms with Gasteiger partial charge >= 0.3 is 0 Å². The number of anilines is 1. The summed E-state index contributed by atoms with van der Waals surface area (Å²) in [5, 5.41) is 9.22. The predicted octanol–water partition coefficient (Wildman–Crippen LogP) is 1.12. The number of benzene rings is 1. The lowest BCUT2D eigenvalue weighted by molar-refractivity contribution is 0.0617. The Hall–Kier alpha value is -1.75. The number of amides is 1. The van der Waals surface area contributed by atoms with Gasteiger partial charge in [0, 0.05) is 31.5 Å². The summed E-state index contributed by atoms with van der Waals surface area (Å²) in [6.45, 7) is 1.45. The average Bonchev–Trinajstić information content (AvgIpc) is 2.46. The molecule has 1 saturated heterocycles. The second kappa shape index (κ2) is 5.93. The Morgan fingerprint density at radius 2 is 2.37 bits per heavy atom. The van der Waals surface area contributed by atoms with Crippen molar-refractivity contribution in [3.05, 3.63) is 23.8 Å². The van der Waals surface area contributed by atoms with Crippen molar-refractivity contribution in [2.75, 3.05) is 32.5 Å². The number of carbonyl (C=O) groups excluding carboxylic acids is 1. The van der Waals surface area contributed by atoms with Gasteiger partial charge in [0.2, 0.25) is 0 Å². The third kappa shape index (κ3) is 2.98. The van der Waals surface area contributed by atoms with Crippen molar-refractivity contribution in [2.24, 2.45) is 5.92 Å². The minimum atomic E-state index is -0.0602. The molecule has 0 saturated carbocycles. The van der Waals surface area contributed by atoms with Gasteiger partial charge in [0.1, 0.15) is 5.75 Å². The molecule has 5 heteroatoms. The number of aliphatic hydroxyl groups excluding tert-OH is 1. The highest BCUT2D eigenvalue weighted by Crippen LogP contribution is 2.25. The number of aliphatic hydroxyl groups is 1. The Morgan fingerprint density at radius 1 is 1.58 bits per heavy atom. The number of methoxy groups -OCH3 is 1. The van der Waals surface area contributed by atoms with Gasteiger partial charge in [0.25, 0.3) is 5.91 Å². The molecule has 3 N–H and O–H groups in total. The molecule has 1 atom stereocenters. The molecule has 2 rings (SSSR count). The molecule has 0 aliphatic carbocycles. The number of likely N-dealkylation sites (tertiary alicyclic amines) is 1. The van der Waals surface area contributed by atoms with E-state index in [0.29, 0.717) is 23.5 Å². The van der Waals surface area contributed by atoms with Crippen LogP contribution in [-0.2, 0) is 0 Å². The first-order valence-electron chi connectivity index (χ1n) is 6.49. The molecule has 1 aliphatic heterocycles. The molecule has 1 fully saturated rings. The third-order valence-electron chi connectivity index (χ3n) is 3.52. The molecule has 19 heavy (non-hydrogen) atoms. The molecule has 0 radical (unpaired) electrons. The Bertz CT molecular complexity index is 462. The van der Waals surface area contributed by atoms with Crippen LogP contribution in [0.2, 0.25) is 0 Å². The zero-order valence-corrected chi connectivity index (χ0v) is 11.1. The van der Waals surface area contributed by atoms with Gasteiger partial charge in [-0.15, -0.1) is 0 Å². The molecule has 0 bridgehead atoms. The molecule has 1 aromatic carbocycles. The smallest absolute Gasteiger partial charge is 0.257 e. The Balaban J connectivity index is 2.19. The predicted molar refractivity (Wildman–Crippen MR) is 73.1 cm³/mol. The molecule has 0 spiro atoms. The summed E-state index contributed by atoms with van der Waals surface area (Å²) in [5.41, 5.74) is 6.78. The van der Waals surface area contributed by atoms with Gasteiger partial charge in [0.15, 0.2) is 0 Å². The van der Waals surface area contributed by atoms with Crippen LogP contribution < -0.4 is 10.5 Å². The van der Waals surface area contributed by atoms with E-state index in [1.165, 1.54) is 7.11 Å². The second-order valence-electron chi connectivity index (χ2n) is 4.90. The number of piperidine rings is 1. The first-order chi connectivity index (χ1) is 9.15. The van der Waals surface area contributed by atoms with Crippen molar-refractivity contribution < 1.29 is 14.6 Å². The van der Waals surface area contributed by atoms with Gasteiger partial charge in [-0.2, -0.15) is 0 Å². The molecular weight excluding hydrogens is 244 g/mol. The van der Waals surface area contributed by atoms with Gasteiger partial charge in [-0.05, 0) is 30.9 Å². The van der Waals surface area contributed by atoms with E-state index in [9.17, 15) is 9.90 Å². The molecule has 0 aromatic heterocycles. The van der Waals surface area contributed by atoms with E-state index >= 15 is 0 Å². The number of carbonyl (C=O) groups is 1. The molecule has 104 valence electrons. The SMILES string of the molecule is COc1cc(N)ccc1C(=O)N1CCCC(CO)C1. The monoisotopic (exact) mass is 264 g/mol. The summed E-state index contributed by atoms with van der Waals surface area (Å²) >= 11 is 0. The average molecular weight is 264 g/mol. The van der Waals surface area contributed by atoms with Crippen LogP contribution in [0.5, 0.6) is 5.75 Å². The standard InChI is InChI=1S/C14H20N2O3/c1-19-13-7-11(15)4-5-12(13)14(18)16-6-2-3-10(8-16)9-17/h4-5,7,10,17H,2-3,6,8-9,15H2,1H3. The molecule has 1 heterocycles.